The van der Waals surface area contributed by atoms with Crippen LogP contribution in [0.1, 0.15) is 57.8 Å². The molecule has 0 saturated heterocycles. The van der Waals surface area contributed by atoms with Crippen molar-refractivity contribution in [2.75, 3.05) is 17.7 Å². The molecule has 0 aliphatic heterocycles. The van der Waals surface area contributed by atoms with Gasteiger partial charge in [-0.25, -0.2) is 9.97 Å². The maximum absolute atomic E-state index is 6.00. The molecule has 1 heterocycles. The van der Waals surface area contributed by atoms with Crippen molar-refractivity contribution in [1.82, 2.24) is 9.97 Å². The van der Waals surface area contributed by atoms with E-state index in [9.17, 15) is 0 Å². The summed E-state index contributed by atoms with van der Waals surface area (Å²) in [6, 6.07) is 0.498. The van der Waals surface area contributed by atoms with Crippen LogP contribution in [0.2, 0.25) is 0 Å². The van der Waals surface area contributed by atoms with E-state index >= 15 is 0 Å². The maximum Gasteiger partial charge on any atom is 0.137 e. The summed E-state index contributed by atoms with van der Waals surface area (Å²) in [5.41, 5.74) is 6.98. The topological polar surface area (TPSA) is 55.0 Å². The summed E-state index contributed by atoms with van der Waals surface area (Å²) in [5.74, 6) is 2.69. The minimum atomic E-state index is 0.293. The molecule has 0 unspecified atom stereocenters. The largest absolute Gasteiger partial charge is 0.383 e. The first kappa shape index (κ1) is 14.7. The van der Waals surface area contributed by atoms with Crippen molar-refractivity contribution in [3.05, 3.63) is 11.4 Å². The second kappa shape index (κ2) is 6.03. The molecule has 0 atom stereocenters. The Labute approximate surface area is 111 Å². The molecule has 0 spiro atoms. The van der Waals surface area contributed by atoms with Crippen LogP contribution in [0.5, 0.6) is 0 Å². The molecule has 1 aromatic heterocycles. The zero-order chi connectivity index (χ0) is 13.9. The fourth-order valence-electron chi connectivity index (χ4n) is 2.15. The van der Waals surface area contributed by atoms with E-state index in [1.54, 1.807) is 0 Å². The zero-order valence-corrected chi connectivity index (χ0v) is 12.5. The Hall–Kier alpha value is -1.32. The Morgan fingerprint density at radius 1 is 1.17 bits per heavy atom. The molecule has 1 rings (SSSR count). The average Bonchev–Trinajstić information content (AvgIpc) is 2.33. The van der Waals surface area contributed by atoms with E-state index < -0.39 is 0 Å². The second-order valence-electron chi connectivity index (χ2n) is 5.15. The van der Waals surface area contributed by atoms with E-state index in [0.29, 0.717) is 17.8 Å². The molecule has 4 nitrogen and oxygen atoms in total. The summed E-state index contributed by atoms with van der Waals surface area (Å²) < 4.78 is 0. The normalized spacial score (nSPS) is 11.3. The fraction of sp³-hybridized carbons (Fsp3) is 0.714. The summed E-state index contributed by atoms with van der Waals surface area (Å²) in [5, 5.41) is 0. The first-order valence-electron chi connectivity index (χ1n) is 6.79. The van der Waals surface area contributed by atoms with Crippen molar-refractivity contribution >= 4 is 11.6 Å². The molecule has 0 radical (unpaired) electrons. The van der Waals surface area contributed by atoms with Crippen molar-refractivity contribution in [3.8, 4) is 0 Å². The molecule has 0 aromatic carbocycles. The Morgan fingerprint density at radius 2 is 1.72 bits per heavy atom. The first-order chi connectivity index (χ1) is 8.42. The molecular weight excluding hydrogens is 224 g/mol. The third-order valence-electron chi connectivity index (χ3n) is 3.52. The third kappa shape index (κ3) is 2.92. The smallest absolute Gasteiger partial charge is 0.137 e. The molecule has 0 saturated carbocycles. The number of nitrogens with zero attached hydrogens (tertiary/aromatic N) is 3. The standard InChI is InChI=1S/C14H26N4/c1-7-11(8-2)18(6)14-10(5)12(15)16-13(17-14)9(3)4/h9,11H,7-8H2,1-6H3,(H2,15,16,17). The van der Waals surface area contributed by atoms with Gasteiger partial charge in [-0.15, -0.1) is 0 Å². The number of hydrogen-bond acceptors (Lipinski definition) is 4. The molecule has 0 bridgehead atoms. The summed E-state index contributed by atoms with van der Waals surface area (Å²) >= 11 is 0. The lowest BCUT2D eigenvalue weighted by atomic mass is 10.1. The van der Waals surface area contributed by atoms with Gasteiger partial charge in [0.1, 0.15) is 17.5 Å². The van der Waals surface area contributed by atoms with Crippen LogP contribution < -0.4 is 10.6 Å². The maximum atomic E-state index is 6.00. The van der Waals surface area contributed by atoms with Gasteiger partial charge in [0.2, 0.25) is 0 Å². The highest BCUT2D eigenvalue weighted by Crippen LogP contribution is 2.26. The van der Waals surface area contributed by atoms with Gasteiger partial charge < -0.3 is 10.6 Å². The molecule has 1 aromatic rings. The second-order valence-corrected chi connectivity index (χ2v) is 5.15. The molecular formula is C14H26N4. The van der Waals surface area contributed by atoms with Crippen LogP contribution in [0.25, 0.3) is 0 Å². The minimum Gasteiger partial charge on any atom is -0.383 e. The Kier molecular flexibility index (Phi) is 4.93. The van der Waals surface area contributed by atoms with Gasteiger partial charge in [-0.2, -0.15) is 0 Å². The van der Waals surface area contributed by atoms with Gasteiger partial charge in [0.25, 0.3) is 0 Å². The number of anilines is 2. The quantitative estimate of drug-likeness (QED) is 0.872. The van der Waals surface area contributed by atoms with Gasteiger partial charge in [0, 0.05) is 24.6 Å². The van der Waals surface area contributed by atoms with Gasteiger partial charge in [-0.3, -0.25) is 0 Å². The predicted octanol–water partition coefficient (Wildman–Crippen LogP) is 3.12. The van der Waals surface area contributed by atoms with Crippen LogP contribution in [-0.2, 0) is 0 Å². The van der Waals surface area contributed by atoms with E-state index in [0.717, 1.165) is 30.0 Å². The van der Waals surface area contributed by atoms with Gasteiger partial charge in [-0.1, -0.05) is 27.7 Å². The fourth-order valence-corrected chi connectivity index (χ4v) is 2.15. The van der Waals surface area contributed by atoms with Gasteiger partial charge in [0.15, 0.2) is 0 Å². The molecule has 102 valence electrons. The third-order valence-corrected chi connectivity index (χ3v) is 3.52. The lowest BCUT2D eigenvalue weighted by Gasteiger charge is -2.29. The van der Waals surface area contributed by atoms with Crippen LogP contribution in [0.4, 0.5) is 11.6 Å². The first-order valence-corrected chi connectivity index (χ1v) is 6.79. The summed E-state index contributed by atoms with van der Waals surface area (Å²) in [6.07, 6.45) is 2.21. The molecule has 0 aliphatic rings. The summed E-state index contributed by atoms with van der Waals surface area (Å²) in [6.45, 7) is 10.6. The van der Waals surface area contributed by atoms with E-state index in [1.807, 2.05) is 6.92 Å². The highest BCUT2D eigenvalue weighted by Gasteiger charge is 2.18. The van der Waals surface area contributed by atoms with E-state index in [-0.39, 0.29) is 0 Å². The van der Waals surface area contributed by atoms with Crippen LogP contribution >= 0.6 is 0 Å². The Morgan fingerprint density at radius 3 is 2.17 bits per heavy atom. The van der Waals surface area contributed by atoms with E-state index in [2.05, 4.69) is 49.6 Å². The van der Waals surface area contributed by atoms with Crippen molar-refractivity contribution in [3.63, 3.8) is 0 Å². The summed E-state index contributed by atoms with van der Waals surface area (Å²) in [4.78, 5) is 11.3. The van der Waals surface area contributed by atoms with Crippen molar-refractivity contribution < 1.29 is 0 Å². The average molecular weight is 250 g/mol. The number of nitrogen functional groups attached to an aromatic ring is 1. The molecule has 0 amide bonds. The highest BCUT2D eigenvalue weighted by molar-refractivity contribution is 5.56. The lowest BCUT2D eigenvalue weighted by Crippen LogP contribution is -2.32. The molecule has 18 heavy (non-hydrogen) atoms. The number of aromatic nitrogens is 2. The Bertz CT molecular complexity index is 397. The number of rotatable bonds is 5. The van der Waals surface area contributed by atoms with Crippen LogP contribution in [0, 0.1) is 6.92 Å². The van der Waals surface area contributed by atoms with Crippen LogP contribution in [0.15, 0.2) is 0 Å². The summed E-state index contributed by atoms with van der Waals surface area (Å²) in [7, 11) is 2.09. The highest BCUT2D eigenvalue weighted by atomic mass is 15.2. The Balaban J connectivity index is 3.21. The van der Waals surface area contributed by atoms with Crippen molar-refractivity contribution in [1.29, 1.82) is 0 Å². The minimum absolute atomic E-state index is 0.293. The molecule has 0 fully saturated rings. The van der Waals surface area contributed by atoms with E-state index in [1.165, 1.54) is 0 Å². The molecule has 4 heteroatoms. The van der Waals surface area contributed by atoms with Gasteiger partial charge in [0.05, 0.1) is 0 Å². The molecule has 0 aliphatic carbocycles. The zero-order valence-electron chi connectivity index (χ0n) is 12.5. The SMILES string of the molecule is CCC(CC)N(C)c1nc(C(C)C)nc(N)c1C. The van der Waals surface area contributed by atoms with Crippen molar-refractivity contribution in [2.45, 2.75) is 59.4 Å². The number of hydrogen-bond donors (Lipinski definition) is 1. The molecule has 2 N–H and O–H groups in total. The number of nitrogens with two attached hydrogens (primary N) is 1. The van der Waals surface area contributed by atoms with Crippen LogP contribution in [-0.4, -0.2) is 23.1 Å². The lowest BCUT2D eigenvalue weighted by molar-refractivity contribution is 0.583. The monoisotopic (exact) mass is 250 g/mol. The van der Waals surface area contributed by atoms with Crippen LogP contribution in [0.3, 0.4) is 0 Å². The van der Waals surface area contributed by atoms with Gasteiger partial charge >= 0.3 is 0 Å². The van der Waals surface area contributed by atoms with E-state index in [4.69, 9.17) is 5.73 Å². The van der Waals surface area contributed by atoms with Crippen molar-refractivity contribution in [2.24, 2.45) is 0 Å². The van der Waals surface area contributed by atoms with Gasteiger partial charge in [-0.05, 0) is 19.8 Å². The predicted molar refractivity (Wildman–Crippen MR) is 78.0 cm³/mol.